The number of carboxylic acids is 6. The predicted molar refractivity (Wildman–Crippen MR) is 45.8 cm³/mol. The largest absolute Gasteiger partial charge is 0.473 e. The van der Waals surface area contributed by atoms with E-state index in [2.05, 4.69) is 0 Å². The van der Waals surface area contributed by atoms with Gasteiger partial charge >= 0.3 is 35.8 Å². The molecule has 0 aromatic carbocycles. The monoisotopic (exact) mass is 368 g/mol. The number of aliphatic carboxylic acids is 6. The van der Waals surface area contributed by atoms with Crippen molar-refractivity contribution in [3.05, 3.63) is 0 Å². The Balaban J connectivity index is -0.0000000865. The van der Waals surface area contributed by atoms with Crippen LogP contribution in [0.15, 0.2) is 0 Å². The summed E-state index contributed by atoms with van der Waals surface area (Å²) in [4.78, 5) is 54.6. The molecular weight excluding hydrogens is 360 g/mol. The zero-order valence-corrected chi connectivity index (χ0v) is 10.5. The summed E-state index contributed by atoms with van der Waals surface area (Å²) in [5, 5.41) is 44.3. The van der Waals surface area contributed by atoms with Crippen LogP contribution < -0.4 is 0 Å². The number of carbonyl (C=O) groups is 6. The van der Waals surface area contributed by atoms with Crippen molar-refractivity contribution in [2.75, 3.05) is 0 Å². The molecule has 0 spiro atoms. The number of hydrogen-bond donors (Lipinski definition) is 6. The molecule has 0 bridgehead atoms. The van der Waals surface area contributed by atoms with Gasteiger partial charge in [-0.15, -0.1) is 0 Å². The van der Waals surface area contributed by atoms with Crippen molar-refractivity contribution in [3.63, 3.8) is 0 Å². The third-order valence-corrected chi connectivity index (χ3v) is 0.549. The molecule has 0 rings (SSSR count). The molecular formula is C6H6MoO12. The van der Waals surface area contributed by atoms with Gasteiger partial charge in [-0.2, -0.15) is 0 Å². The molecule has 0 saturated carbocycles. The average molecular weight is 366 g/mol. The summed E-state index contributed by atoms with van der Waals surface area (Å²) in [6.45, 7) is 0. The minimum absolute atomic E-state index is 0. The Hall–Kier alpha value is -2.49. The summed E-state index contributed by atoms with van der Waals surface area (Å²) < 4.78 is 0. The molecule has 0 heterocycles. The minimum atomic E-state index is -1.82. The molecule has 0 aromatic rings. The number of rotatable bonds is 0. The first-order chi connectivity index (χ1) is 7.93. The molecule has 0 aliphatic heterocycles. The smallest absolute Gasteiger partial charge is 0.414 e. The second-order valence-electron chi connectivity index (χ2n) is 1.83. The quantitative estimate of drug-likeness (QED) is 0.193. The van der Waals surface area contributed by atoms with Crippen LogP contribution in [0, 0.1) is 0 Å². The van der Waals surface area contributed by atoms with Gasteiger partial charge in [-0.25, -0.2) is 28.8 Å². The van der Waals surface area contributed by atoms with Crippen molar-refractivity contribution < 1.29 is 80.5 Å². The Kier molecular flexibility index (Phi) is 18.1. The van der Waals surface area contributed by atoms with Crippen LogP contribution in [0.1, 0.15) is 0 Å². The van der Waals surface area contributed by atoms with Gasteiger partial charge in [0.05, 0.1) is 0 Å². The Morgan fingerprint density at radius 2 is 0.421 bits per heavy atom. The molecule has 19 heavy (non-hydrogen) atoms. The molecule has 108 valence electrons. The Bertz CT molecular complexity index is 277. The molecule has 0 saturated heterocycles. The SMILES string of the molecule is O=C(O)C(=O)O.O=C(O)C(=O)O.O=C(O)C(=O)O.[Mo]. The van der Waals surface area contributed by atoms with Gasteiger partial charge in [0.1, 0.15) is 0 Å². The summed E-state index contributed by atoms with van der Waals surface area (Å²) >= 11 is 0. The van der Waals surface area contributed by atoms with E-state index in [1.807, 2.05) is 0 Å². The average Bonchev–Trinajstić information content (AvgIpc) is 2.18. The number of carboxylic acid groups (broad SMARTS) is 6. The summed E-state index contributed by atoms with van der Waals surface area (Å²) in [6.07, 6.45) is 0. The normalized spacial score (nSPS) is 6.95. The van der Waals surface area contributed by atoms with E-state index in [-0.39, 0.29) is 21.1 Å². The first-order valence-electron chi connectivity index (χ1n) is 3.32. The van der Waals surface area contributed by atoms with Crippen molar-refractivity contribution >= 4 is 35.8 Å². The molecule has 0 aliphatic rings. The molecule has 0 radical (unpaired) electrons. The Morgan fingerprint density at radius 3 is 0.421 bits per heavy atom. The summed E-state index contributed by atoms with van der Waals surface area (Å²) in [7, 11) is 0. The van der Waals surface area contributed by atoms with E-state index < -0.39 is 35.8 Å². The van der Waals surface area contributed by atoms with Gasteiger partial charge in [0.25, 0.3) is 0 Å². The second-order valence-corrected chi connectivity index (χ2v) is 1.83. The van der Waals surface area contributed by atoms with Crippen molar-refractivity contribution in [2.45, 2.75) is 0 Å². The van der Waals surface area contributed by atoms with Gasteiger partial charge in [-0.1, -0.05) is 0 Å². The van der Waals surface area contributed by atoms with Crippen molar-refractivity contribution in [3.8, 4) is 0 Å². The van der Waals surface area contributed by atoms with Crippen LogP contribution in [0.3, 0.4) is 0 Å². The van der Waals surface area contributed by atoms with Crippen LogP contribution in [0.5, 0.6) is 0 Å². The minimum Gasteiger partial charge on any atom is -0.473 e. The van der Waals surface area contributed by atoms with E-state index >= 15 is 0 Å². The summed E-state index contributed by atoms with van der Waals surface area (Å²) in [6, 6.07) is 0. The first kappa shape index (κ1) is 25.4. The van der Waals surface area contributed by atoms with E-state index in [0.29, 0.717) is 0 Å². The molecule has 0 unspecified atom stereocenters. The fourth-order valence-electron chi connectivity index (χ4n) is 0. The van der Waals surface area contributed by atoms with Gasteiger partial charge in [0.2, 0.25) is 0 Å². The van der Waals surface area contributed by atoms with Gasteiger partial charge in [-0.05, 0) is 0 Å². The molecule has 0 aliphatic carbocycles. The van der Waals surface area contributed by atoms with Crippen LogP contribution >= 0.6 is 0 Å². The zero-order valence-electron chi connectivity index (χ0n) is 8.54. The summed E-state index contributed by atoms with van der Waals surface area (Å²) in [5.41, 5.74) is 0. The maximum absolute atomic E-state index is 9.10. The van der Waals surface area contributed by atoms with E-state index in [9.17, 15) is 0 Å². The van der Waals surface area contributed by atoms with E-state index in [1.165, 1.54) is 0 Å². The zero-order chi connectivity index (χ0) is 15.5. The van der Waals surface area contributed by atoms with Gasteiger partial charge in [-0.3, -0.25) is 0 Å². The van der Waals surface area contributed by atoms with Gasteiger partial charge in [0.15, 0.2) is 0 Å². The summed E-state index contributed by atoms with van der Waals surface area (Å²) in [5.74, 6) is -10.9. The third-order valence-electron chi connectivity index (χ3n) is 0.549. The van der Waals surface area contributed by atoms with Crippen LogP contribution in [-0.4, -0.2) is 66.5 Å². The van der Waals surface area contributed by atoms with Gasteiger partial charge < -0.3 is 30.6 Å². The third kappa shape index (κ3) is 31.3. The van der Waals surface area contributed by atoms with E-state index in [1.54, 1.807) is 0 Å². The maximum atomic E-state index is 9.10. The van der Waals surface area contributed by atoms with Gasteiger partial charge in [0, 0.05) is 21.1 Å². The molecule has 13 heteroatoms. The molecule has 0 amide bonds. The van der Waals surface area contributed by atoms with Crippen molar-refractivity contribution in [2.24, 2.45) is 0 Å². The molecule has 6 N–H and O–H groups in total. The Morgan fingerprint density at radius 1 is 0.368 bits per heavy atom. The number of hydrogen-bond acceptors (Lipinski definition) is 6. The van der Waals surface area contributed by atoms with Crippen molar-refractivity contribution in [1.82, 2.24) is 0 Å². The fraction of sp³-hybridized carbons (Fsp3) is 0. The Labute approximate surface area is 117 Å². The van der Waals surface area contributed by atoms with Crippen LogP contribution in [0.2, 0.25) is 0 Å². The van der Waals surface area contributed by atoms with E-state index in [0.717, 1.165) is 0 Å². The van der Waals surface area contributed by atoms with Crippen LogP contribution in [0.4, 0.5) is 0 Å². The first-order valence-corrected chi connectivity index (χ1v) is 3.32. The molecule has 0 fully saturated rings. The van der Waals surface area contributed by atoms with Crippen LogP contribution in [0.25, 0.3) is 0 Å². The van der Waals surface area contributed by atoms with E-state index in [4.69, 9.17) is 59.4 Å². The van der Waals surface area contributed by atoms with Crippen molar-refractivity contribution in [1.29, 1.82) is 0 Å². The topological polar surface area (TPSA) is 224 Å². The molecule has 0 atom stereocenters. The fourth-order valence-corrected chi connectivity index (χ4v) is 0. The maximum Gasteiger partial charge on any atom is 0.414 e. The molecule has 0 aromatic heterocycles. The molecule has 12 nitrogen and oxygen atoms in total. The predicted octanol–water partition coefficient (Wildman–Crippen LogP) is -2.54. The standard InChI is InChI=1S/3C2H2O4.Mo/c3*3-1(4)2(5)6;/h3*(H,3,4)(H,5,6);. The van der Waals surface area contributed by atoms with Crippen LogP contribution in [-0.2, 0) is 49.8 Å². The second kappa shape index (κ2) is 13.6.